The van der Waals surface area contributed by atoms with E-state index in [1.165, 1.54) is 28.9 Å². The van der Waals surface area contributed by atoms with Crippen LogP contribution in [0.15, 0.2) is 52.1 Å². The fourth-order valence-corrected chi connectivity index (χ4v) is 5.40. The average Bonchev–Trinajstić information content (AvgIpc) is 3.30. The molecule has 0 atom stereocenters. The van der Waals surface area contributed by atoms with Crippen molar-refractivity contribution in [3.8, 4) is 17.3 Å². The highest BCUT2D eigenvalue weighted by atomic mass is 79.9. The van der Waals surface area contributed by atoms with E-state index < -0.39 is 21.9 Å². The van der Waals surface area contributed by atoms with Gasteiger partial charge in [0, 0.05) is 29.2 Å². The molecule has 13 heteroatoms. The second kappa shape index (κ2) is 7.67. The summed E-state index contributed by atoms with van der Waals surface area (Å²) in [6.45, 7) is 1.55. The number of aromatic nitrogens is 5. The molecular formula is C21H15BrF3N5O3S. The third-order valence-electron chi connectivity index (χ3n) is 5.36. The van der Waals surface area contributed by atoms with Crippen molar-refractivity contribution >= 4 is 53.2 Å². The fraction of sp³-hybridized carbons (Fsp3) is 0.190. The van der Waals surface area contributed by atoms with E-state index in [1.54, 1.807) is 36.9 Å². The van der Waals surface area contributed by atoms with Gasteiger partial charge in [-0.2, -0.15) is 5.10 Å². The number of nitrogens with zero attached hydrogens (tertiary/aromatic N) is 5. The number of imidazole rings is 1. The van der Waals surface area contributed by atoms with Crippen molar-refractivity contribution in [3.63, 3.8) is 0 Å². The summed E-state index contributed by atoms with van der Waals surface area (Å²) in [4.78, 5) is 8.84. The third-order valence-corrected chi connectivity index (χ3v) is 7.64. The summed E-state index contributed by atoms with van der Waals surface area (Å²) in [5, 5.41) is 5.02. The summed E-state index contributed by atoms with van der Waals surface area (Å²) in [6, 6.07) is 7.24. The molecule has 0 amide bonds. The molecule has 0 aliphatic carbocycles. The molecule has 0 fully saturated rings. The maximum atomic E-state index is 13.0. The largest absolute Gasteiger partial charge is 0.573 e. The highest BCUT2D eigenvalue weighted by Crippen LogP contribution is 2.35. The lowest BCUT2D eigenvalue weighted by Gasteiger charge is -2.09. The van der Waals surface area contributed by atoms with Crippen molar-refractivity contribution in [3.05, 3.63) is 47.2 Å². The lowest BCUT2D eigenvalue weighted by atomic mass is 10.2. The first-order chi connectivity index (χ1) is 16.0. The normalized spacial score (nSPS) is 12.8. The molecule has 0 bridgehead atoms. The van der Waals surface area contributed by atoms with Crippen molar-refractivity contribution in [2.75, 3.05) is 5.75 Å². The standard InChI is InChI=1S/C21H15BrF3N5O3S/c1-3-34(31,32)19-16-8-11(22)6-7-30(16)28-17(19)20-27-15-10-26-14-9-12(33-21(23,24)25)4-5-13(14)18(15)29(20)2/h4-10H,3H2,1-2H3. The van der Waals surface area contributed by atoms with Crippen LogP contribution in [-0.2, 0) is 16.9 Å². The molecule has 0 saturated carbocycles. The number of sulfone groups is 1. The predicted molar refractivity (Wildman–Crippen MR) is 122 cm³/mol. The monoisotopic (exact) mass is 553 g/mol. The Bertz CT molecular complexity index is 1710. The van der Waals surface area contributed by atoms with Crippen LogP contribution in [0.4, 0.5) is 13.2 Å². The van der Waals surface area contributed by atoms with Crippen molar-refractivity contribution in [1.82, 2.24) is 24.1 Å². The van der Waals surface area contributed by atoms with E-state index in [-0.39, 0.29) is 27.7 Å². The number of aryl methyl sites for hydroxylation is 1. The molecule has 0 radical (unpaired) electrons. The third kappa shape index (κ3) is 3.68. The molecule has 4 aromatic heterocycles. The van der Waals surface area contributed by atoms with E-state index in [4.69, 9.17) is 0 Å². The van der Waals surface area contributed by atoms with Gasteiger partial charge in [-0.25, -0.2) is 17.9 Å². The number of pyridine rings is 2. The molecule has 1 aromatic carbocycles. The van der Waals surface area contributed by atoms with Crippen LogP contribution in [0.5, 0.6) is 5.75 Å². The minimum absolute atomic E-state index is 0.0489. The zero-order chi connectivity index (χ0) is 24.4. The molecular weight excluding hydrogens is 539 g/mol. The Morgan fingerprint density at radius 1 is 1.15 bits per heavy atom. The molecule has 8 nitrogen and oxygen atoms in total. The van der Waals surface area contributed by atoms with Gasteiger partial charge in [0.2, 0.25) is 0 Å². The SMILES string of the molecule is CCS(=O)(=O)c1c(-c2nc3cnc4cc(OC(F)(F)F)ccc4c3n2C)nn2ccc(Br)cc12. The van der Waals surface area contributed by atoms with Crippen LogP contribution in [0.3, 0.4) is 0 Å². The molecule has 176 valence electrons. The Kier molecular flexibility index (Phi) is 5.09. The highest BCUT2D eigenvalue weighted by Gasteiger charge is 2.32. The molecule has 5 aromatic rings. The Morgan fingerprint density at radius 2 is 1.91 bits per heavy atom. The molecule has 0 aliphatic rings. The van der Waals surface area contributed by atoms with Crippen LogP contribution < -0.4 is 4.74 Å². The minimum atomic E-state index is -4.82. The molecule has 0 saturated heterocycles. The van der Waals surface area contributed by atoms with Crippen LogP contribution in [-0.4, -0.2) is 44.7 Å². The number of hydrogen-bond acceptors (Lipinski definition) is 6. The first-order valence-electron chi connectivity index (χ1n) is 9.90. The van der Waals surface area contributed by atoms with E-state index in [2.05, 4.69) is 35.7 Å². The van der Waals surface area contributed by atoms with Crippen LogP contribution in [0.1, 0.15) is 6.92 Å². The van der Waals surface area contributed by atoms with Gasteiger partial charge in [0.15, 0.2) is 15.7 Å². The Hall–Kier alpha value is -3.19. The summed E-state index contributed by atoms with van der Waals surface area (Å²) < 4.78 is 71.7. The zero-order valence-electron chi connectivity index (χ0n) is 17.6. The summed E-state index contributed by atoms with van der Waals surface area (Å²) in [7, 11) is -2.01. The zero-order valence-corrected chi connectivity index (χ0v) is 20.0. The van der Waals surface area contributed by atoms with Crippen molar-refractivity contribution in [2.45, 2.75) is 18.2 Å². The summed E-state index contributed by atoms with van der Waals surface area (Å²) in [6.07, 6.45) is -1.77. The van der Waals surface area contributed by atoms with Crippen LogP contribution in [0.2, 0.25) is 0 Å². The molecule has 34 heavy (non-hydrogen) atoms. The van der Waals surface area contributed by atoms with E-state index >= 15 is 0 Å². The second-order valence-electron chi connectivity index (χ2n) is 7.47. The van der Waals surface area contributed by atoms with E-state index in [1.807, 2.05) is 0 Å². The summed E-state index contributed by atoms with van der Waals surface area (Å²) >= 11 is 3.37. The molecule has 0 aliphatic heterocycles. The van der Waals surface area contributed by atoms with Gasteiger partial charge in [-0.3, -0.25) is 4.98 Å². The van der Waals surface area contributed by atoms with Gasteiger partial charge in [-0.1, -0.05) is 22.9 Å². The first-order valence-corrected chi connectivity index (χ1v) is 12.3. The van der Waals surface area contributed by atoms with Crippen molar-refractivity contribution < 1.29 is 26.3 Å². The molecule has 0 N–H and O–H groups in total. The number of rotatable bonds is 4. The maximum absolute atomic E-state index is 13.0. The van der Waals surface area contributed by atoms with Gasteiger partial charge >= 0.3 is 6.36 Å². The molecule has 0 unspecified atom stereocenters. The van der Waals surface area contributed by atoms with Gasteiger partial charge in [0.05, 0.1) is 28.5 Å². The average molecular weight is 554 g/mol. The number of fused-ring (bicyclic) bond motifs is 4. The highest BCUT2D eigenvalue weighted by molar-refractivity contribution is 9.10. The fourth-order valence-electron chi connectivity index (χ4n) is 3.88. The smallest absolute Gasteiger partial charge is 0.406 e. The summed E-state index contributed by atoms with van der Waals surface area (Å²) in [5.74, 6) is -0.243. The van der Waals surface area contributed by atoms with Gasteiger partial charge in [-0.15, -0.1) is 13.2 Å². The van der Waals surface area contributed by atoms with E-state index in [9.17, 15) is 21.6 Å². The van der Waals surface area contributed by atoms with Gasteiger partial charge in [-0.05, 0) is 24.3 Å². The van der Waals surface area contributed by atoms with Crippen LogP contribution in [0, 0.1) is 0 Å². The lowest BCUT2D eigenvalue weighted by molar-refractivity contribution is -0.274. The quantitative estimate of drug-likeness (QED) is 0.314. The number of hydrogen-bond donors (Lipinski definition) is 0. The van der Waals surface area contributed by atoms with Gasteiger partial charge in [0.1, 0.15) is 21.9 Å². The lowest BCUT2D eigenvalue weighted by Crippen LogP contribution is -2.17. The van der Waals surface area contributed by atoms with E-state index in [0.717, 1.165) is 0 Å². The first kappa shape index (κ1) is 22.6. The van der Waals surface area contributed by atoms with E-state index in [0.29, 0.717) is 26.4 Å². The van der Waals surface area contributed by atoms with Gasteiger partial charge < -0.3 is 9.30 Å². The van der Waals surface area contributed by atoms with Crippen LogP contribution in [0.25, 0.3) is 39.0 Å². The maximum Gasteiger partial charge on any atom is 0.573 e. The number of ether oxygens (including phenoxy) is 1. The second-order valence-corrected chi connectivity index (χ2v) is 10.6. The Morgan fingerprint density at radius 3 is 2.62 bits per heavy atom. The number of alkyl halides is 3. The van der Waals surface area contributed by atoms with Crippen molar-refractivity contribution in [2.24, 2.45) is 7.05 Å². The minimum Gasteiger partial charge on any atom is -0.406 e. The number of benzene rings is 1. The Balaban J connectivity index is 1.78. The molecule has 4 heterocycles. The van der Waals surface area contributed by atoms with Gasteiger partial charge in [0.25, 0.3) is 0 Å². The predicted octanol–water partition coefficient (Wildman–Crippen LogP) is 4.89. The van der Waals surface area contributed by atoms with Crippen molar-refractivity contribution in [1.29, 1.82) is 0 Å². The molecule has 0 spiro atoms. The molecule has 5 rings (SSSR count). The Labute approximate surface area is 199 Å². The number of halogens is 4. The topological polar surface area (TPSA) is 91.4 Å². The summed E-state index contributed by atoms with van der Waals surface area (Å²) in [5.41, 5.74) is 1.84. The van der Waals surface area contributed by atoms with Crippen LogP contribution >= 0.6 is 15.9 Å².